The van der Waals surface area contributed by atoms with Crippen LogP contribution in [0, 0.1) is 0 Å². The van der Waals surface area contributed by atoms with Crippen molar-refractivity contribution in [3.8, 4) is 17.1 Å². The Hall–Kier alpha value is -8.28. The lowest BCUT2D eigenvalue weighted by Gasteiger charge is -2.22. The first-order valence-electron chi connectivity index (χ1n) is 21.7. The van der Waals surface area contributed by atoms with E-state index in [1.165, 1.54) is 48.9 Å². The Morgan fingerprint density at radius 1 is 0.333 bits per heavy atom. The molecule has 0 aliphatic carbocycles. The standard InChI is InChI=1S/C58H39N5/c1-2-16-38(17-3-1)50-37-51(39-30-32-41(33-31-39)61-52-24-10-4-18-44(52)45-19-5-11-25-53(45)61)60-58(59-50)40-34-42(62-54-26-12-6-20-46(54)47-21-7-13-27-55(47)62)36-43(35-40)63-56-28-14-8-22-48(56)49-23-9-15-29-57(49)63/h1-36,50H,37H2. The van der Waals surface area contributed by atoms with Gasteiger partial charge in [0.05, 0.1) is 44.9 Å². The maximum absolute atomic E-state index is 5.53. The fourth-order valence-corrected chi connectivity index (χ4v) is 10.2. The lowest BCUT2D eigenvalue weighted by molar-refractivity contribution is 0.753. The van der Waals surface area contributed by atoms with Gasteiger partial charge in [-0.3, -0.25) is 4.99 Å². The zero-order valence-electron chi connectivity index (χ0n) is 34.3. The predicted molar refractivity (Wildman–Crippen MR) is 263 cm³/mol. The molecule has 0 amide bonds. The average molecular weight is 806 g/mol. The van der Waals surface area contributed by atoms with Crippen molar-refractivity contribution in [1.29, 1.82) is 0 Å². The van der Waals surface area contributed by atoms with E-state index in [-0.39, 0.29) is 6.04 Å². The van der Waals surface area contributed by atoms with E-state index in [4.69, 9.17) is 9.98 Å². The highest BCUT2D eigenvalue weighted by Crippen LogP contribution is 2.38. The molecule has 5 nitrogen and oxygen atoms in total. The third-order valence-corrected chi connectivity index (χ3v) is 13.0. The maximum Gasteiger partial charge on any atom is 0.155 e. The number of benzene rings is 9. The summed E-state index contributed by atoms with van der Waals surface area (Å²) in [5.41, 5.74) is 14.5. The minimum Gasteiger partial charge on any atom is -0.309 e. The molecule has 13 rings (SSSR count). The molecular weight excluding hydrogens is 767 g/mol. The van der Waals surface area contributed by atoms with Gasteiger partial charge in [0, 0.05) is 61.4 Å². The first kappa shape index (κ1) is 35.5. The molecule has 9 aromatic carbocycles. The van der Waals surface area contributed by atoms with Crippen LogP contribution >= 0.6 is 0 Å². The molecule has 1 aliphatic rings. The second-order valence-electron chi connectivity index (χ2n) is 16.5. The van der Waals surface area contributed by atoms with E-state index in [1.807, 2.05) is 0 Å². The van der Waals surface area contributed by atoms with Gasteiger partial charge in [-0.1, -0.05) is 152 Å². The lowest BCUT2D eigenvalue weighted by Crippen LogP contribution is -2.18. The van der Waals surface area contributed by atoms with Crippen LogP contribution in [0.15, 0.2) is 228 Å². The van der Waals surface area contributed by atoms with Gasteiger partial charge in [0.1, 0.15) is 0 Å². The summed E-state index contributed by atoms with van der Waals surface area (Å²) in [6, 6.07) is 78.6. The minimum absolute atomic E-state index is 0.112. The number of hydrogen-bond donors (Lipinski definition) is 0. The van der Waals surface area contributed by atoms with Crippen LogP contribution < -0.4 is 0 Å². The summed E-state index contributed by atoms with van der Waals surface area (Å²) in [7, 11) is 0. The van der Waals surface area contributed by atoms with Gasteiger partial charge in [-0.15, -0.1) is 0 Å². The van der Waals surface area contributed by atoms with E-state index in [1.54, 1.807) is 0 Å². The number of para-hydroxylation sites is 6. The Bertz CT molecular complexity index is 3530. The number of rotatable bonds is 6. The normalized spacial score (nSPS) is 14.3. The number of fused-ring (bicyclic) bond motifs is 9. The Kier molecular flexibility index (Phi) is 7.97. The van der Waals surface area contributed by atoms with Crippen molar-refractivity contribution >= 4 is 77.0 Å². The van der Waals surface area contributed by atoms with Gasteiger partial charge in [0.2, 0.25) is 0 Å². The Balaban J connectivity index is 1.03. The lowest BCUT2D eigenvalue weighted by atomic mass is 9.95. The molecule has 0 spiro atoms. The molecule has 0 bridgehead atoms. The Labute approximate surface area is 363 Å². The molecule has 0 radical (unpaired) electrons. The number of amidine groups is 1. The van der Waals surface area contributed by atoms with Crippen LogP contribution in [0.4, 0.5) is 0 Å². The molecule has 5 heteroatoms. The molecule has 3 aromatic heterocycles. The molecule has 1 unspecified atom stereocenters. The number of hydrogen-bond acceptors (Lipinski definition) is 2. The fourth-order valence-electron chi connectivity index (χ4n) is 10.2. The van der Waals surface area contributed by atoms with Crippen LogP contribution in [-0.4, -0.2) is 25.2 Å². The van der Waals surface area contributed by atoms with Crippen LogP contribution in [0.3, 0.4) is 0 Å². The van der Waals surface area contributed by atoms with Crippen LogP contribution in [-0.2, 0) is 0 Å². The monoisotopic (exact) mass is 805 g/mol. The van der Waals surface area contributed by atoms with Gasteiger partial charge in [0.15, 0.2) is 5.84 Å². The van der Waals surface area contributed by atoms with Gasteiger partial charge < -0.3 is 13.7 Å². The Morgan fingerprint density at radius 3 is 1.11 bits per heavy atom. The third kappa shape index (κ3) is 5.63. The zero-order chi connectivity index (χ0) is 41.4. The van der Waals surface area contributed by atoms with Crippen molar-refractivity contribution in [2.24, 2.45) is 9.98 Å². The molecular formula is C58H39N5. The third-order valence-electron chi connectivity index (χ3n) is 13.0. The van der Waals surface area contributed by atoms with Gasteiger partial charge in [0.25, 0.3) is 0 Å². The van der Waals surface area contributed by atoms with Crippen LogP contribution in [0.1, 0.15) is 29.2 Å². The number of aromatic nitrogens is 3. The van der Waals surface area contributed by atoms with Crippen molar-refractivity contribution in [1.82, 2.24) is 13.7 Å². The fraction of sp³-hybridized carbons (Fsp3) is 0.0345. The molecule has 296 valence electrons. The van der Waals surface area contributed by atoms with Crippen molar-refractivity contribution < 1.29 is 0 Å². The van der Waals surface area contributed by atoms with Crippen LogP contribution in [0.25, 0.3) is 82.5 Å². The van der Waals surface area contributed by atoms with Crippen molar-refractivity contribution in [3.05, 3.63) is 235 Å². The highest BCUT2D eigenvalue weighted by Gasteiger charge is 2.25. The molecule has 0 saturated heterocycles. The molecule has 0 saturated carbocycles. The maximum atomic E-state index is 5.53. The SMILES string of the molecule is c1ccc(C2CC(c3ccc(-n4c5ccccc5c5ccccc54)cc3)=NC(c3cc(-n4c5ccccc5c5ccccc54)cc(-n4c5ccccc5c5ccccc54)c3)=N2)cc1. The molecule has 1 aliphatic heterocycles. The number of aliphatic imine (C=N–C) groups is 2. The Morgan fingerprint density at radius 2 is 0.698 bits per heavy atom. The topological polar surface area (TPSA) is 39.5 Å². The second-order valence-corrected chi connectivity index (χ2v) is 16.5. The van der Waals surface area contributed by atoms with Gasteiger partial charge in [-0.2, -0.15) is 0 Å². The highest BCUT2D eigenvalue weighted by molar-refractivity contribution is 6.16. The van der Waals surface area contributed by atoms with E-state index in [9.17, 15) is 0 Å². The summed E-state index contributed by atoms with van der Waals surface area (Å²) in [4.78, 5) is 11.1. The van der Waals surface area contributed by atoms with E-state index in [2.05, 4.69) is 232 Å². The van der Waals surface area contributed by atoms with Gasteiger partial charge in [-0.25, -0.2) is 4.99 Å². The molecule has 1 atom stereocenters. The summed E-state index contributed by atoms with van der Waals surface area (Å²) < 4.78 is 7.18. The predicted octanol–water partition coefficient (Wildman–Crippen LogP) is 14.4. The summed E-state index contributed by atoms with van der Waals surface area (Å²) in [5.74, 6) is 0.723. The van der Waals surface area contributed by atoms with E-state index >= 15 is 0 Å². The highest BCUT2D eigenvalue weighted by atomic mass is 15.0. The van der Waals surface area contributed by atoms with Gasteiger partial charge >= 0.3 is 0 Å². The van der Waals surface area contributed by atoms with Gasteiger partial charge in [-0.05, 0) is 77.9 Å². The smallest absolute Gasteiger partial charge is 0.155 e. The van der Waals surface area contributed by atoms with E-state index < -0.39 is 0 Å². The summed E-state index contributed by atoms with van der Waals surface area (Å²) in [6.45, 7) is 0. The summed E-state index contributed by atoms with van der Waals surface area (Å²) >= 11 is 0. The zero-order valence-corrected chi connectivity index (χ0v) is 34.3. The second kappa shape index (κ2) is 14.2. The van der Waals surface area contributed by atoms with Crippen molar-refractivity contribution in [3.63, 3.8) is 0 Å². The van der Waals surface area contributed by atoms with Crippen LogP contribution in [0.2, 0.25) is 0 Å². The van der Waals surface area contributed by atoms with E-state index in [0.29, 0.717) is 6.42 Å². The largest absolute Gasteiger partial charge is 0.309 e. The molecule has 4 heterocycles. The first-order valence-corrected chi connectivity index (χ1v) is 21.7. The quantitative estimate of drug-likeness (QED) is 0.161. The molecule has 12 aromatic rings. The average Bonchev–Trinajstić information content (AvgIpc) is 4.00. The summed E-state index contributed by atoms with van der Waals surface area (Å²) in [5, 5.41) is 7.40. The van der Waals surface area contributed by atoms with Crippen molar-refractivity contribution in [2.45, 2.75) is 12.5 Å². The molecule has 63 heavy (non-hydrogen) atoms. The van der Waals surface area contributed by atoms with Crippen molar-refractivity contribution in [2.75, 3.05) is 0 Å². The molecule has 0 N–H and O–H groups in total. The van der Waals surface area contributed by atoms with Crippen LogP contribution in [0.5, 0.6) is 0 Å². The number of nitrogens with zero attached hydrogens (tertiary/aromatic N) is 5. The van der Waals surface area contributed by atoms with E-state index in [0.717, 1.165) is 61.8 Å². The summed E-state index contributed by atoms with van der Waals surface area (Å²) in [6.07, 6.45) is 0.689. The minimum atomic E-state index is -0.112. The first-order chi connectivity index (χ1) is 31.2. The molecule has 0 fully saturated rings.